The number of rotatable bonds is 5. The molecule has 0 radical (unpaired) electrons. The van der Waals surface area contributed by atoms with Crippen molar-refractivity contribution in [2.75, 3.05) is 12.4 Å². The average Bonchev–Trinajstić information content (AvgIpc) is 2.49. The van der Waals surface area contributed by atoms with Crippen LogP contribution in [0.1, 0.15) is 23.1 Å². The van der Waals surface area contributed by atoms with E-state index < -0.39 is 6.43 Å². The van der Waals surface area contributed by atoms with Crippen molar-refractivity contribution in [2.45, 2.75) is 20.0 Å². The van der Waals surface area contributed by atoms with Crippen LogP contribution < -0.4 is 10.1 Å². The Morgan fingerprint density at radius 2 is 2.05 bits per heavy atom. The Bertz CT molecular complexity index is 677. The molecule has 0 fully saturated rings. The summed E-state index contributed by atoms with van der Waals surface area (Å²) in [6.45, 7) is 1.64. The Hall–Kier alpha value is -2.01. The maximum Gasteiger partial charge on any atom is 0.264 e. The van der Waals surface area contributed by atoms with Crippen LogP contribution in [-0.4, -0.2) is 12.2 Å². The molecule has 2 N–H and O–H groups in total. The van der Waals surface area contributed by atoms with Gasteiger partial charge in [-0.15, -0.1) is 0 Å². The van der Waals surface area contributed by atoms with E-state index in [2.05, 4.69) is 5.32 Å². The van der Waals surface area contributed by atoms with Gasteiger partial charge in [0, 0.05) is 29.9 Å². The van der Waals surface area contributed by atoms with Gasteiger partial charge in [0.25, 0.3) is 6.43 Å². The van der Waals surface area contributed by atoms with Gasteiger partial charge in [0.15, 0.2) is 0 Å². The molecule has 0 aliphatic carbocycles. The van der Waals surface area contributed by atoms with Crippen molar-refractivity contribution in [3.8, 4) is 11.5 Å². The number of alkyl halides is 2. The number of halogens is 3. The van der Waals surface area contributed by atoms with E-state index in [-0.39, 0.29) is 22.9 Å². The molecule has 0 saturated heterocycles. The van der Waals surface area contributed by atoms with Crippen LogP contribution in [0, 0.1) is 6.92 Å². The van der Waals surface area contributed by atoms with Gasteiger partial charge in [0.05, 0.1) is 5.02 Å². The molecule has 0 aromatic heterocycles. The van der Waals surface area contributed by atoms with Gasteiger partial charge in [0.1, 0.15) is 18.1 Å². The van der Waals surface area contributed by atoms with E-state index in [9.17, 15) is 13.9 Å². The Morgan fingerprint density at radius 1 is 1.32 bits per heavy atom. The molecule has 6 heteroatoms. The summed E-state index contributed by atoms with van der Waals surface area (Å²) in [4.78, 5) is 0. The van der Waals surface area contributed by atoms with Crippen LogP contribution in [0.5, 0.6) is 11.5 Å². The first-order valence-electron chi connectivity index (χ1n) is 6.63. The largest absolute Gasteiger partial charge is 0.508 e. The number of hydrogen-bond donors (Lipinski definition) is 2. The van der Waals surface area contributed by atoms with E-state index in [1.165, 1.54) is 12.1 Å². The van der Waals surface area contributed by atoms with Gasteiger partial charge in [-0.3, -0.25) is 0 Å². The monoisotopic (exact) mass is 327 g/mol. The number of phenolic OH excluding ortho intramolecular Hbond substituents is 1. The lowest BCUT2D eigenvalue weighted by molar-refractivity contribution is 0.148. The van der Waals surface area contributed by atoms with Crippen LogP contribution in [0.15, 0.2) is 30.3 Å². The summed E-state index contributed by atoms with van der Waals surface area (Å²) < 4.78 is 31.8. The maximum absolute atomic E-state index is 13.1. The first-order valence-corrected chi connectivity index (χ1v) is 7.01. The third kappa shape index (κ3) is 3.42. The number of anilines is 1. The molecule has 0 bridgehead atoms. The average molecular weight is 328 g/mol. The summed E-state index contributed by atoms with van der Waals surface area (Å²) in [6, 6.07) is 7.57. The summed E-state index contributed by atoms with van der Waals surface area (Å²) in [6.07, 6.45) is -2.59. The number of aryl methyl sites for hydroxylation is 1. The molecule has 0 amide bonds. The fourth-order valence-electron chi connectivity index (χ4n) is 2.11. The van der Waals surface area contributed by atoms with Crippen molar-refractivity contribution >= 4 is 17.3 Å². The molecule has 0 aliphatic rings. The molecule has 2 aromatic rings. The SMILES string of the molecule is CNc1cccc(C(F)F)c1COc1cc(C)c(O)cc1Cl. The van der Waals surface area contributed by atoms with E-state index in [1.807, 2.05) is 0 Å². The molecule has 0 aliphatic heterocycles. The van der Waals surface area contributed by atoms with Gasteiger partial charge in [0.2, 0.25) is 0 Å². The molecule has 0 unspecified atom stereocenters. The Labute approximate surface area is 132 Å². The minimum atomic E-state index is -2.59. The van der Waals surface area contributed by atoms with Crippen molar-refractivity contribution in [3.05, 3.63) is 52.0 Å². The Balaban J connectivity index is 2.30. The fourth-order valence-corrected chi connectivity index (χ4v) is 2.32. The molecule has 0 spiro atoms. The molecule has 2 rings (SSSR count). The number of ether oxygens (including phenoxy) is 1. The summed E-state index contributed by atoms with van der Waals surface area (Å²) in [5.74, 6) is 0.393. The summed E-state index contributed by atoms with van der Waals surface area (Å²) >= 11 is 5.99. The van der Waals surface area contributed by atoms with Gasteiger partial charge in [-0.1, -0.05) is 23.7 Å². The van der Waals surface area contributed by atoms with Crippen molar-refractivity contribution in [1.29, 1.82) is 0 Å². The molecule has 3 nitrogen and oxygen atoms in total. The predicted molar refractivity (Wildman–Crippen MR) is 83.1 cm³/mol. The number of hydrogen-bond acceptors (Lipinski definition) is 3. The van der Waals surface area contributed by atoms with Crippen LogP contribution in [0.3, 0.4) is 0 Å². The van der Waals surface area contributed by atoms with Crippen molar-refractivity contribution in [2.24, 2.45) is 0 Å². The zero-order valence-corrected chi connectivity index (χ0v) is 12.9. The summed E-state index contributed by atoms with van der Waals surface area (Å²) in [7, 11) is 1.66. The fraction of sp³-hybridized carbons (Fsp3) is 0.250. The molecule has 118 valence electrons. The highest BCUT2D eigenvalue weighted by Gasteiger charge is 2.17. The lowest BCUT2D eigenvalue weighted by Gasteiger charge is -2.16. The maximum atomic E-state index is 13.1. The van der Waals surface area contributed by atoms with Gasteiger partial charge in [-0.25, -0.2) is 8.78 Å². The quantitative estimate of drug-likeness (QED) is 0.819. The zero-order valence-electron chi connectivity index (χ0n) is 12.2. The molecular weight excluding hydrogens is 312 g/mol. The minimum Gasteiger partial charge on any atom is -0.508 e. The molecule has 0 heterocycles. The van der Waals surface area contributed by atoms with Gasteiger partial charge in [-0.2, -0.15) is 0 Å². The van der Waals surface area contributed by atoms with E-state index in [1.54, 1.807) is 32.2 Å². The molecule has 22 heavy (non-hydrogen) atoms. The van der Waals surface area contributed by atoms with Crippen LogP contribution in [0.25, 0.3) is 0 Å². The number of benzene rings is 2. The number of nitrogens with one attached hydrogen (secondary N) is 1. The van der Waals surface area contributed by atoms with Gasteiger partial charge >= 0.3 is 0 Å². The van der Waals surface area contributed by atoms with E-state index in [4.69, 9.17) is 16.3 Å². The second-order valence-corrected chi connectivity index (χ2v) is 5.19. The highest BCUT2D eigenvalue weighted by Crippen LogP contribution is 2.34. The predicted octanol–water partition coefficient (Wildman–Crippen LogP) is 4.91. The number of phenols is 1. The smallest absolute Gasteiger partial charge is 0.264 e. The Morgan fingerprint density at radius 3 is 2.68 bits per heavy atom. The van der Waals surface area contributed by atoms with Crippen molar-refractivity contribution in [1.82, 2.24) is 0 Å². The summed E-state index contributed by atoms with van der Waals surface area (Å²) in [5, 5.41) is 12.7. The third-order valence-electron chi connectivity index (χ3n) is 3.34. The normalized spacial score (nSPS) is 10.8. The lowest BCUT2D eigenvalue weighted by atomic mass is 10.1. The Kier molecular flexibility index (Phi) is 5.08. The van der Waals surface area contributed by atoms with Crippen LogP contribution in [0.4, 0.5) is 14.5 Å². The lowest BCUT2D eigenvalue weighted by Crippen LogP contribution is -2.05. The first kappa shape index (κ1) is 16.4. The van der Waals surface area contributed by atoms with Crippen LogP contribution >= 0.6 is 11.6 Å². The molecule has 2 aromatic carbocycles. The highest BCUT2D eigenvalue weighted by molar-refractivity contribution is 6.32. The van der Waals surface area contributed by atoms with E-state index >= 15 is 0 Å². The van der Waals surface area contributed by atoms with E-state index in [0.29, 0.717) is 22.6 Å². The van der Waals surface area contributed by atoms with E-state index in [0.717, 1.165) is 0 Å². The van der Waals surface area contributed by atoms with Crippen molar-refractivity contribution < 1.29 is 18.6 Å². The second kappa shape index (κ2) is 6.83. The summed E-state index contributed by atoms with van der Waals surface area (Å²) in [5.41, 5.74) is 1.46. The first-order chi connectivity index (χ1) is 10.4. The van der Waals surface area contributed by atoms with Gasteiger partial charge in [-0.05, 0) is 24.6 Å². The van der Waals surface area contributed by atoms with Crippen LogP contribution in [0.2, 0.25) is 5.02 Å². The van der Waals surface area contributed by atoms with Gasteiger partial charge < -0.3 is 15.2 Å². The highest BCUT2D eigenvalue weighted by atomic mass is 35.5. The topological polar surface area (TPSA) is 41.5 Å². The minimum absolute atomic E-state index is 0.0549. The standard InChI is InChI=1S/C16H16ClF2NO2/c1-9-6-15(12(17)7-14(9)21)22-8-11-10(16(18)19)4-3-5-13(11)20-2/h3-7,16,20-21H,8H2,1-2H3. The molecular formula is C16H16ClF2NO2. The third-order valence-corrected chi connectivity index (χ3v) is 3.63. The van der Waals surface area contributed by atoms with Crippen molar-refractivity contribution in [3.63, 3.8) is 0 Å². The molecule has 0 saturated carbocycles. The zero-order chi connectivity index (χ0) is 16.3. The number of aromatic hydroxyl groups is 1. The molecule has 0 atom stereocenters. The second-order valence-electron chi connectivity index (χ2n) is 4.78. The van der Waals surface area contributed by atoms with Crippen LogP contribution in [-0.2, 0) is 6.61 Å².